The van der Waals surface area contributed by atoms with Gasteiger partial charge in [-0.2, -0.15) is 0 Å². The molecular weight excluding hydrogens is 230 g/mol. The molecule has 5 nitrogen and oxygen atoms in total. The summed E-state index contributed by atoms with van der Waals surface area (Å²) >= 11 is 1.37. The highest BCUT2D eigenvalue weighted by Gasteiger charge is 2.15. The van der Waals surface area contributed by atoms with Crippen molar-refractivity contribution in [1.29, 1.82) is 0 Å². The maximum absolute atomic E-state index is 11.4. The number of hydrogen-bond acceptors (Lipinski definition) is 6. The van der Waals surface area contributed by atoms with Gasteiger partial charge in [0.2, 0.25) is 0 Å². The number of hydrogen-bond donors (Lipinski definition) is 0. The van der Waals surface area contributed by atoms with E-state index in [1.54, 1.807) is 11.6 Å². The number of carbonyl (C=O) groups is 2. The Morgan fingerprint density at radius 3 is 2.69 bits per heavy atom. The lowest BCUT2D eigenvalue weighted by atomic mass is 10.2. The van der Waals surface area contributed by atoms with Crippen LogP contribution in [0.4, 0.5) is 0 Å². The maximum Gasteiger partial charge on any atom is 0.334 e. The summed E-state index contributed by atoms with van der Waals surface area (Å²) in [4.78, 5) is 26.4. The summed E-state index contributed by atoms with van der Waals surface area (Å²) in [6, 6.07) is 0. The van der Waals surface area contributed by atoms with Gasteiger partial charge in [0.1, 0.15) is 5.01 Å². The molecule has 0 bridgehead atoms. The van der Waals surface area contributed by atoms with Crippen molar-refractivity contribution in [1.82, 2.24) is 4.98 Å². The molecule has 1 aromatic heterocycles. The van der Waals surface area contributed by atoms with Gasteiger partial charge in [0.15, 0.2) is 0 Å². The van der Waals surface area contributed by atoms with Crippen LogP contribution in [0.1, 0.15) is 11.4 Å². The van der Waals surface area contributed by atoms with E-state index in [2.05, 4.69) is 14.5 Å². The second-order valence-electron chi connectivity index (χ2n) is 2.78. The van der Waals surface area contributed by atoms with Gasteiger partial charge in [0.05, 0.1) is 26.2 Å². The Kier molecular flexibility index (Phi) is 4.65. The number of rotatable bonds is 4. The zero-order valence-electron chi connectivity index (χ0n) is 8.93. The van der Waals surface area contributed by atoms with Crippen LogP contribution in [0.3, 0.4) is 0 Å². The van der Waals surface area contributed by atoms with Crippen molar-refractivity contribution < 1.29 is 19.1 Å². The molecule has 0 aliphatic carbocycles. The van der Waals surface area contributed by atoms with E-state index in [-0.39, 0.29) is 12.0 Å². The largest absolute Gasteiger partial charge is 0.469 e. The predicted molar refractivity (Wildman–Crippen MR) is 58.7 cm³/mol. The minimum Gasteiger partial charge on any atom is -0.469 e. The van der Waals surface area contributed by atoms with E-state index >= 15 is 0 Å². The minimum atomic E-state index is -0.555. The molecule has 0 spiro atoms. The van der Waals surface area contributed by atoms with Gasteiger partial charge in [-0.3, -0.25) is 4.79 Å². The van der Waals surface area contributed by atoms with Crippen LogP contribution in [0.15, 0.2) is 17.2 Å². The molecule has 0 aliphatic rings. The Balaban J connectivity index is 2.87. The number of ether oxygens (including phenoxy) is 2. The lowest BCUT2D eigenvalue weighted by molar-refractivity contribution is -0.143. The molecular formula is C10H11NO4S. The van der Waals surface area contributed by atoms with Gasteiger partial charge in [-0.15, -0.1) is 11.3 Å². The number of aromatic nitrogens is 1. The summed E-state index contributed by atoms with van der Waals surface area (Å²) in [5.41, 5.74) is 0.226. The number of methoxy groups -OCH3 is 2. The van der Waals surface area contributed by atoms with Crippen molar-refractivity contribution in [3.05, 3.63) is 22.2 Å². The number of carbonyl (C=O) groups excluding carboxylic acids is 2. The maximum atomic E-state index is 11.4. The van der Waals surface area contributed by atoms with Crippen LogP contribution in [0.25, 0.3) is 6.08 Å². The highest BCUT2D eigenvalue weighted by Crippen LogP contribution is 2.14. The molecule has 0 aromatic carbocycles. The summed E-state index contributed by atoms with van der Waals surface area (Å²) in [6.45, 7) is 0. The van der Waals surface area contributed by atoms with Crippen molar-refractivity contribution in [2.45, 2.75) is 6.42 Å². The summed E-state index contributed by atoms with van der Waals surface area (Å²) in [6.07, 6.45) is 3.01. The first-order valence-electron chi connectivity index (χ1n) is 4.42. The molecule has 0 saturated heterocycles. The van der Waals surface area contributed by atoms with Gasteiger partial charge in [-0.1, -0.05) is 0 Å². The highest BCUT2D eigenvalue weighted by atomic mass is 32.1. The molecule has 1 heterocycles. The molecule has 0 N–H and O–H groups in total. The van der Waals surface area contributed by atoms with Crippen LogP contribution in [0.2, 0.25) is 0 Å². The third-order valence-corrected chi connectivity index (χ3v) is 2.48. The third kappa shape index (κ3) is 3.47. The molecule has 0 amide bonds. The van der Waals surface area contributed by atoms with E-state index in [0.29, 0.717) is 5.01 Å². The molecule has 86 valence electrons. The van der Waals surface area contributed by atoms with E-state index in [1.807, 2.05) is 0 Å². The van der Waals surface area contributed by atoms with Crippen LogP contribution in [0.5, 0.6) is 0 Å². The molecule has 0 radical (unpaired) electrons. The average Bonchev–Trinajstić information content (AvgIpc) is 2.79. The lowest BCUT2D eigenvalue weighted by Crippen LogP contribution is -2.10. The molecule has 0 unspecified atom stereocenters. The highest BCUT2D eigenvalue weighted by molar-refractivity contribution is 7.10. The molecule has 0 fully saturated rings. The minimum absolute atomic E-state index is 0.122. The van der Waals surface area contributed by atoms with Crippen molar-refractivity contribution in [2.24, 2.45) is 0 Å². The fraction of sp³-hybridized carbons (Fsp3) is 0.300. The Labute approximate surface area is 96.7 Å². The second kappa shape index (κ2) is 6.02. The monoisotopic (exact) mass is 241 g/mol. The van der Waals surface area contributed by atoms with Gasteiger partial charge in [0, 0.05) is 11.6 Å². The van der Waals surface area contributed by atoms with Crippen molar-refractivity contribution in [2.75, 3.05) is 14.2 Å². The Bertz CT molecular complexity index is 397. The zero-order valence-corrected chi connectivity index (χ0v) is 9.74. The molecule has 0 aliphatic heterocycles. The summed E-state index contributed by atoms with van der Waals surface area (Å²) in [5, 5.41) is 2.42. The van der Waals surface area contributed by atoms with Crippen molar-refractivity contribution in [3.8, 4) is 0 Å². The summed E-state index contributed by atoms with van der Waals surface area (Å²) in [7, 11) is 2.52. The summed E-state index contributed by atoms with van der Waals surface area (Å²) in [5.74, 6) is -1.05. The van der Waals surface area contributed by atoms with Gasteiger partial charge in [-0.05, 0) is 6.08 Å². The van der Waals surface area contributed by atoms with Gasteiger partial charge in [0.25, 0.3) is 0 Å². The molecule has 0 saturated carbocycles. The van der Waals surface area contributed by atoms with E-state index in [0.717, 1.165) is 0 Å². The van der Waals surface area contributed by atoms with Crippen LogP contribution in [-0.2, 0) is 19.1 Å². The van der Waals surface area contributed by atoms with Gasteiger partial charge >= 0.3 is 11.9 Å². The van der Waals surface area contributed by atoms with Crippen LogP contribution < -0.4 is 0 Å². The van der Waals surface area contributed by atoms with E-state index in [1.165, 1.54) is 31.6 Å². The fourth-order valence-corrected chi connectivity index (χ4v) is 1.59. The van der Waals surface area contributed by atoms with Gasteiger partial charge < -0.3 is 9.47 Å². The van der Waals surface area contributed by atoms with E-state index < -0.39 is 11.9 Å². The number of thiazole rings is 1. The first-order valence-corrected chi connectivity index (χ1v) is 5.30. The standard InChI is InChI=1S/C10H11NO4S/c1-14-9(12)6-7(10(13)15-2)5-8-11-3-4-16-8/h3-5H,6H2,1-2H3/b7-5+. The second-order valence-corrected chi connectivity index (χ2v) is 3.71. The van der Waals surface area contributed by atoms with E-state index in [9.17, 15) is 9.59 Å². The SMILES string of the molecule is COC(=O)C/C(=C\c1nccs1)C(=O)OC. The molecule has 1 aromatic rings. The molecule has 6 heteroatoms. The first kappa shape index (κ1) is 12.4. The average molecular weight is 241 g/mol. The molecule has 0 atom stereocenters. The van der Waals surface area contributed by atoms with E-state index in [4.69, 9.17) is 0 Å². The third-order valence-electron chi connectivity index (χ3n) is 1.76. The lowest BCUT2D eigenvalue weighted by Gasteiger charge is -2.03. The van der Waals surface area contributed by atoms with Gasteiger partial charge in [-0.25, -0.2) is 9.78 Å². The Morgan fingerprint density at radius 2 is 2.19 bits per heavy atom. The van der Waals surface area contributed by atoms with Crippen molar-refractivity contribution >= 4 is 29.4 Å². The van der Waals surface area contributed by atoms with Crippen LogP contribution in [-0.4, -0.2) is 31.1 Å². The number of esters is 2. The molecule has 1 rings (SSSR count). The first-order chi connectivity index (χ1) is 7.67. The summed E-state index contributed by atoms with van der Waals surface area (Å²) < 4.78 is 9.06. The zero-order chi connectivity index (χ0) is 12.0. The Morgan fingerprint density at radius 1 is 1.44 bits per heavy atom. The Hall–Kier alpha value is -1.69. The predicted octanol–water partition coefficient (Wildman–Crippen LogP) is 1.26. The molecule has 16 heavy (non-hydrogen) atoms. The number of nitrogens with zero attached hydrogens (tertiary/aromatic N) is 1. The van der Waals surface area contributed by atoms with Crippen LogP contribution in [0, 0.1) is 0 Å². The smallest absolute Gasteiger partial charge is 0.334 e. The van der Waals surface area contributed by atoms with Crippen LogP contribution >= 0.6 is 11.3 Å². The topological polar surface area (TPSA) is 65.5 Å². The van der Waals surface area contributed by atoms with Crippen molar-refractivity contribution in [3.63, 3.8) is 0 Å². The quantitative estimate of drug-likeness (QED) is 0.586. The normalized spacial score (nSPS) is 11.0. The fourth-order valence-electron chi connectivity index (χ4n) is 0.996.